The first-order valence-corrected chi connectivity index (χ1v) is 9.90. The van der Waals surface area contributed by atoms with Crippen LogP contribution >= 0.6 is 34.4 Å². The number of unbranched alkanes of at least 4 members (excludes halogenated alkanes) is 2. The number of aromatic nitrogens is 3. The van der Waals surface area contributed by atoms with E-state index in [-0.39, 0.29) is 11.5 Å². The predicted octanol–water partition coefficient (Wildman–Crippen LogP) is 4.37. The Kier molecular flexibility index (Phi) is 5.57. The van der Waals surface area contributed by atoms with Gasteiger partial charge in [0.1, 0.15) is 5.52 Å². The predicted molar refractivity (Wildman–Crippen MR) is 108 cm³/mol. The van der Waals surface area contributed by atoms with Gasteiger partial charge in [-0.3, -0.25) is 0 Å². The summed E-state index contributed by atoms with van der Waals surface area (Å²) in [5.41, 5.74) is 7.65. The molecule has 0 bridgehead atoms. The second-order valence-electron chi connectivity index (χ2n) is 5.69. The van der Waals surface area contributed by atoms with E-state index in [1.54, 1.807) is 12.3 Å². The fourth-order valence-corrected chi connectivity index (χ4v) is 4.31. The molecule has 2 aromatic heterocycles. The molecule has 0 fully saturated rings. The molecule has 132 valence electrons. The summed E-state index contributed by atoms with van der Waals surface area (Å²) in [5.74, 6) is 0.147. The van der Waals surface area contributed by atoms with Gasteiger partial charge < -0.3 is 20.5 Å². The minimum atomic E-state index is -0.141. The van der Waals surface area contributed by atoms with Crippen LogP contribution in [0, 0.1) is 3.57 Å². The first-order valence-electron chi connectivity index (χ1n) is 8.01. The average molecular weight is 470 g/mol. The molecule has 25 heavy (non-hydrogen) atoms. The SMILES string of the molecule is CCCCCn1c(Sc2cc(O)c(O)cc2I)nc2c(N)nccc21. The van der Waals surface area contributed by atoms with E-state index in [2.05, 4.69) is 44.0 Å². The molecule has 0 spiro atoms. The Hall–Kier alpha value is -1.68. The van der Waals surface area contributed by atoms with Crippen molar-refractivity contribution in [2.24, 2.45) is 0 Å². The molecule has 0 saturated carbocycles. The minimum Gasteiger partial charge on any atom is -0.504 e. The third kappa shape index (κ3) is 3.79. The highest BCUT2D eigenvalue weighted by atomic mass is 127. The molecule has 0 aliphatic carbocycles. The van der Waals surface area contributed by atoms with E-state index in [9.17, 15) is 10.2 Å². The number of phenolic OH excluding ortho intramolecular Hbond substituents is 2. The maximum absolute atomic E-state index is 9.81. The summed E-state index contributed by atoms with van der Waals surface area (Å²) in [7, 11) is 0. The van der Waals surface area contributed by atoms with E-state index >= 15 is 0 Å². The molecule has 4 N–H and O–H groups in total. The molecule has 8 heteroatoms. The lowest BCUT2D eigenvalue weighted by Crippen LogP contribution is -2.00. The number of benzene rings is 1. The van der Waals surface area contributed by atoms with Gasteiger partial charge in [-0.2, -0.15) is 0 Å². The molecule has 0 saturated heterocycles. The number of phenols is 2. The van der Waals surface area contributed by atoms with Crippen molar-refractivity contribution >= 4 is 51.2 Å². The number of imidazole rings is 1. The highest BCUT2D eigenvalue weighted by Crippen LogP contribution is 2.39. The number of rotatable bonds is 6. The lowest BCUT2D eigenvalue weighted by atomic mass is 10.2. The molecule has 2 heterocycles. The van der Waals surface area contributed by atoms with Crippen LogP contribution < -0.4 is 5.73 Å². The summed E-state index contributed by atoms with van der Waals surface area (Å²) in [6.07, 6.45) is 5.03. The molecule has 0 atom stereocenters. The summed E-state index contributed by atoms with van der Waals surface area (Å²) in [6.45, 7) is 3.02. The number of aromatic hydroxyl groups is 2. The molecule has 0 aliphatic rings. The Morgan fingerprint density at radius 1 is 1.24 bits per heavy atom. The first kappa shape index (κ1) is 18.1. The van der Waals surface area contributed by atoms with E-state index in [4.69, 9.17) is 5.73 Å². The lowest BCUT2D eigenvalue weighted by molar-refractivity contribution is 0.402. The zero-order chi connectivity index (χ0) is 18.0. The summed E-state index contributed by atoms with van der Waals surface area (Å²) in [6, 6.07) is 5.02. The molecular weight excluding hydrogens is 451 g/mol. The zero-order valence-corrected chi connectivity index (χ0v) is 16.7. The Morgan fingerprint density at radius 3 is 2.76 bits per heavy atom. The molecule has 1 aromatic carbocycles. The number of hydrogen-bond donors (Lipinski definition) is 3. The Bertz CT molecular complexity index is 913. The van der Waals surface area contributed by atoms with E-state index in [1.807, 2.05) is 6.07 Å². The van der Waals surface area contributed by atoms with Crippen LogP contribution in [-0.2, 0) is 6.54 Å². The number of anilines is 1. The maximum Gasteiger partial charge on any atom is 0.174 e. The van der Waals surface area contributed by atoms with Gasteiger partial charge in [0, 0.05) is 21.2 Å². The molecule has 6 nitrogen and oxygen atoms in total. The number of halogens is 1. The van der Waals surface area contributed by atoms with E-state index in [0.717, 1.165) is 44.9 Å². The van der Waals surface area contributed by atoms with Crippen LogP contribution in [0.15, 0.2) is 34.4 Å². The van der Waals surface area contributed by atoms with Crippen molar-refractivity contribution in [3.05, 3.63) is 28.0 Å². The number of hydrogen-bond acceptors (Lipinski definition) is 6. The number of nitrogens with two attached hydrogens (primary N) is 1. The van der Waals surface area contributed by atoms with Crippen molar-refractivity contribution in [1.82, 2.24) is 14.5 Å². The zero-order valence-electron chi connectivity index (χ0n) is 13.7. The van der Waals surface area contributed by atoms with Crippen molar-refractivity contribution in [3.63, 3.8) is 0 Å². The van der Waals surface area contributed by atoms with Gasteiger partial charge in [0.05, 0.1) is 5.52 Å². The summed E-state index contributed by atoms with van der Waals surface area (Å²) >= 11 is 3.58. The van der Waals surface area contributed by atoms with Crippen LogP contribution in [0.25, 0.3) is 11.0 Å². The van der Waals surface area contributed by atoms with Crippen LogP contribution in [0.5, 0.6) is 11.5 Å². The monoisotopic (exact) mass is 470 g/mol. The fourth-order valence-electron chi connectivity index (χ4n) is 2.57. The molecule has 0 unspecified atom stereocenters. The van der Waals surface area contributed by atoms with Crippen molar-refractivity contribution in [1.29, 1.82) is 0 Å². The van der Waals surface area contributed by atoms with Crippen LogP contribution in [-0.4, -0.2) is 24.7 Å². The van der Waals surface area contributed by atoms with Gasteiger partial charge in [-0.05, 0) is 47.2 Å². The van der Waals surface area contributed by atoms with Gasteiger partial charge in [0.2, 0.25) is 0 Å². The van der Waals surface area contributed by atoms with Crippen molar-refractivity contribution < 1.29 is 10.2 Å². The number of fused-ring (bicyclic) bond motifs is 1. The third-order valence-electron chi connectivity index (χ3n) is 3.88. The molecular formula is C17H19IN4O2S. The number of nitrogens with zero attached hydrogens (tertiary/aromatic N) is 3. The quantitative estimate of drug-likeness (QED) is 0.281. The fraction of sp³-hybridized carbons (Fsp3) is 0.294. The highest BCUT2D eigenvalue weighted by molar-refractivity contribution is 14.1. The maximum atomic E-state index is 9.81. The van der Waals surface area contributed by atoms with Gasteiger partial charge >= 0.3 is 0 Å². The van der Waals surface area contributed by atoms with Crippen molar-refractivity contribution in [2.75, 3.05) is 5.73 Å². The summed E-state index contributed by atoms with van der Waals surface area (Å²) in [4.78, 5) is 9.63. The van der Waals surface area contributed by atoms with Gasteiger partial charge in [0.15, 0.2) is 22.5 Å². The summed E-state index contributed by atoms with van der Waals surface area (Å²) in [5, 5.41) is 20.2. The van der Waals surface area contributed by atoms with Gasteiger partial charge in [-0.1, -0.05) is 31.5 Å². The first-order chi connectivity index (χ1) is 12.0. The molecule has 0 amide bonds. The van der Waals surface area contributed by atoms with E-state index in [1.165, 1.54) is 17.8 Å². The van der Waals surface area contributed by atoms with E-state index < -0.39 is 0 Å². The van der Waals surface area contributed by atoms with Crippen LogP contribution in [0.2, 0.25) is 0 Å². The third-order valence-corrected chi connectivity index (χ3v) is 6.19. The van der Waals surface area contributed by atoms with Crippen molar-refractivity contribution in [3.8, 4) is 11.5 Å². The summed E-state index contributed by atoms with van der Waals surface area (Å²) < 4.78 is 2.99. The standard InChI is InChI=1S/C17H19IN4O2S/c1-2-3-4-7-22-11-5-6-20-16(19)15(11)21-17(22)25-14-9-13(24)12(23)8-10(14)18/h5-6,8-9,23-24H,2-4,7H2,1H3,(H2,19,20). The highest BCUT2D eigenvalue weighted by Gasteiger charge is 2.16. The molecule has 0 radical (unpaired) electrons. The topological polar surface area (TPSA) is 97.2 Å². The van der Waals surface area contributed by atoms with Gasteiger partial charge in [-0.25, -0.2) is 9.97 Å². The minimum absolute atomic E-state index is 0.126. The van der Waals surface area contributed by atoms with Crippen LogP contribution in [0.4, 0.5) is 5.82 Å². The number of aryl methyl sites for hydroxylation is 1. The Morgan fingerprint density at radius 2 is 2.00 bits per heavy atom. The molecule has 0 aliphatic heterocycles. The van der Waals surface area contributed by atoms with Crippen LogP contribution in [0.1, 0.15) is 26.2 Å². The molecule has 3 aromatic rings. The largest absolute Gasteiger partial charge is 0.504 e. The average Bonchev–Trinajstić information content (AvgIpc) is 2.92. The van der Waals surface area contributed by atoms with Crippen LogP contribution in [0.3, 0.4) is 0 Å². The van der Waals surface area contributed by atoms with E-state index in [0.29, 0.717) is 11.3 Å². The smallest absolute Gasteiger partial charge is 0.174 e. The van der Waals surface area contributed by atoms with Gasteiger partial charge in [-0.15, -0.1) is 0 Å². The van der Waals surface area contributed by atoms with Crippen molar-refractivity contribution in [2.45, 2.75) is 42.8 Å². The van der Waals surface area contributed by atoms with Gasteiger partial charge in [0.25, 0.3) is 0 Å². The second kappa shape index (κ2) is 7.69. The normalized spacial score (nSPS) is 11.3. The molecule has 3 rings (SSSR count). The lowest BCUT2D eigenvalue weighted by Gasteiger charge is -2.10. The Balaban J connectivity index is 2.04. The number of pyridine rings is 1. The number of nitrogen functional groups attached to an aromatic ring is 1. The Labute approximate surface area is 163 Å². The second-order valence-corrected chi connectivity index (χ2v) is 7.86.